The molecule has 26 heavy (non-hydrogen) atoms. The summed E-state index contributed by atoms with van der Waals surface area (Å²) < 4.78 is 13.1. The molecular formula is C20H25N3O3. The maximum atomic E-state index is 12.2. The maximum absolute atomic E-state index is 12.2. The number of hydrogen-bond acceptors (Lipinski definition) is 5. The topological polar surface area (TPSA) is 66.2 Å². The molecule has 138 valence electrons. The summed E-state index contributed by atoms with van der Waals surface area (Å²) in [5.41, 5.74) is 0.899. The summed E-state index contributed by atoms with van der Waals surface area (Å²) in [7, 11) is 0. The van der Waals surface area contributed by atoms with Crippen molar-refractivity contribution < 1.29 is 14.3 Å². The van der Waals surface area contributed by atoms with E-state index in [1.54, 1.807) is 19.1 Å². The van der Waals surface area contributed by atoms with Crippen molar-refractivity contribution in [2.75, 3.05) is 6.61 Å². The summed E-state index contributed by atoms with van der Waals surface area (Å²) in [6.07, 6.45) is 6.29. The predicted molar refractivity (Wildman–Crippen MR) is 98.9 cm³/mol. The Morgan fingerprint density at radius 1 is 1.35 bits per heavy atom. The Morgan fingerprint density at radius 2 is 2.23 bits per heavy atom. The Morgan fingerprint density at radius 3 is 3.08 bits per heavy atom. The number of rotatable bonds is 7. The molecular weight excluding hydrogens is 330 g/mol. The summed E-state index contributed by atoms with van der Waals surface area (Å²) in [4.78, 5) is 12.2. The minimum Gasteiger partial charge on any atom is -0.425 e. The molecule has 3 rings (SSSR count). The van der Waals surface area contributed by atoms with Crippen LogP contribution in [-0.2, 0) is 22.5 Å². The van der Waals surface area contributed by atoms with E-state index in [1.807, 2.05) is 18.2 Å². The highest BCUT2D eigenvalue weighted by molar-refractivity contribution is 5.77. The van der Waals surface area contributed by atoms with Crippen molar-refractivity contribution >= 4 is 5.97 Å². The zero-order valence-electron chi connectivity index (χ0n) is 15.2. The first-order valence-electron chi connectivity index (χ1n) is 9.15. The molecule has 2 heterocycles. The Labute approximate surface area is 153 Å². The predicted octanol–water partition coefficient (Wildman–Crippen LogP) is 3.56. The molecule has 0 fully saturated rings. The smallest absolute Gasteiger partial charge is 0.340 e. The van der Waals surface area contributed by atoms with Gasteiger partial charge in [-0.15, -0.1) is 16.8 Å². The van der Waals surface area contributed by atoms with Crippen LogP contribution < -0.4 is 4.74 Å². The van der Waals surface area contributed by atoms with Crippen LogP contribution >= 0.6 is 0 Å². The van der Waals surface area contributed by atoms with Gasteiger partial charge < -0.3 is 14.0 Å². The van der Waals surface area contributed by atoms with Gasteiger partial charge in [-0.05, 0) is 38.3 Å². The highest BCUT2D eigenvalue weighted by Gasteiger charge is 2.18. The molecule has 1 aromatic carbocycles. The molecule has 0 saturated carbocycles. The van der Waals surface area contributed by atoms with Crippen LogP contribution in [0, 0.1) is 0 Å². The quantitative estimate of drug-likeness (QED) is 0.329. The first-order valence-corrected chi connectivity index (χ1v) is 9.15. The molecule has 0 aliphatic carbocycles. The van der Waals surface area contributed by atoms with Gasteiger partial charge >= 0.3 is 5.97 Å². The minimum atomic E-state index is -0.622. The fraction of sp³-hybridized carbons (Fsp3) is 0.450. The highest BCUT2D eigenvalue weighted by Crippen LogP contribution is 2.26. The number of hydrogen-bond donors (Lipinski definition) is 0. The van der Waals surface area contributed by atoms with Crippen LogP contribution in [0.2, 0.25) is 0 Å². The summed E-state index contributed by atoms with van der Waals surface area (Å²) in [5, 5.41) is 8.68. The van der Waals surface area contributed by atoms with Gasteiger partial charge in [0.2, 0.25) is 0 Å². The fourth-order valence-electron chi connectivity index (χ4n) is 2.99. The first kappa shape index (κ1) is 18.3. The van der Waals surface area contributed by atoms with Crippen molar-refractivity contribution in [3.05, 3.63) is 42.7 Å². The standard InChI is InChI=1S/C20H25N3O3/c1-3-4-13-25-15(2)20(24)26-17-10-8-9-16(14-17)19-22-21-18-11-6-5-7-12-23(18)19/h3,8-10,14-15H,1,4-7,11-13H2,2H3. The minimum absolute atomic E-state index is 0.411. The van der Waals surface area contributed by atoms with Crippen LogP contribution in [0.15, 0.2) is 36.9 Å². The molecule has 1 atom stereocenters. The van der Waals surface area contributed by atoms with E-state index < -0.39 is 12.1 Å². The number of aromatic nitrogens is 3. The number of nitrogens with zero attached hydrogens (tertiary/aromatic N) is 3. The molecule has 1 aliphatic heterocycles. The number of ether oxygens (including phenoxy) is 2. The molecule has 0 N–H and O–H groups in total. The third-order valence-corrected chi connectivity index (χ3v) is 4.44. The molecule has 0 saturated heterocycles. The Hall–Kier alpha value is -2.47. The van der Waals surface area contributed by atoms with Crippen molar-refractivity contribution in [2.45, 2.75) is 51.7 Å². The Balaban J connectivity index is 1.72. The van der Waals surface area contributed by atoms with Gasteiger partial charge in [0.25, 0.3) is 0 Å². The van der Waals surface area contributed by atoms with Crippen LogP contribution in [-0.4, -0.2) is 33.4 Å². The van der Waals surface area contributed by atoms with Crippen LogP contribution in [0.25, 0.3) is 11.4 Å². The van der Waals surface area contributed by atoms with Crippen LogP contribution in [0.1, 0.15) is 38.4 Å². The van der Waals surface area contributed by atoms with E-state index >= 15 is 0 Å². The van der Waals surface area contributed by atoms with E-state index in [4.69, 9.17) is 9.47 Å². The molecule has 2 aromatic rings. The summed E-state index contributed by atoms with van der Waals surface area (Å²) in [5.74, 6) is 1.93. The molecule has 1 aromatic heterocycles. The maximum Gasteiger partial charge on any atom is 0.340 e. The van der Waals surface area contributed by atoms with E-state index in [2.05, 4.69) is 21.3 Å². The number of carbonyl (C=O) groups excluding carboxylic acids is 1. The molecule has 0 amide bonds. The van der Waals surface area contributed by atoms with E-state index in [-0.39, 0.29) is 0 Å². The van der Waals surface area contributed by atoms with Gasteiger partial charge in [0.15, 0.2) is 11.9 Å². The zero-order chi connectivity index (χ0) is 18.4. The molecule has 1 aliphatic rings. The van der Waals surface area contributed by atoms with Crippen molar-refractivity contribution in [1.29, 1.82) is 0 Å². The van der Waals surface area contributed by atoms with E-state index in [0.29, 0.717) is 18.8 Å². The fourth-order valence-corrected chi connectivity index (χ4v) is 2.99. The normalized spacial score (nSPS) is 15.0. The zero-order valence-corrected chi connectivity index (χ0v) is 15.2. The summed E-state index contributed by atoms with van der Waals surface area (Å²) in [6, 6.07) is 7.41. The molecule has 6 nitrogen and oxygen atoms in total. The van der Waals surface area contributed by atoms with Crippen LogP contribution in [0.4, 0.5) is 0 Å². The lowest BCUT2D eigenvalue weighted by molar-refractivity contribution is -0.146. The Bertz CT molecular complexity index is 769. The van der Waals surface area contributed by atoms with Crippen molar-refractivity contribution in [3.8, 4) is 17.1 Å². The lowest BCUT2D eigenvalue weighted by Crippen LogP contribution is -2.26. The van der Waals surface area contributed by atoms with E-state index in [1.165, 1.54) is 6.42 Å². The van der Waals surface area contributed by atoms with Crippen LogP contribution in [0.5, 0.6) is 5.75 Å². The average Bonchev–Trinajstić information content (AvgIpc) is 2.90. The van der Waals surface area contributed by atoms with Gasteiger partial charge in [-0.2, -0.15) is 0 Å². The second-order valence-electron chi connectivity index (χ2n) is 6.44. The molecule has 0 spiro atoms. The van der Waals surface area contributed by atoms with Gasteiger partial charge in [0.05, 0.1) is 6.61 Å². The van der Waals surface area contributed by atoms with E-state index in [9.17, 15) is 4.79 Å². The summed E-state index contributed by atoms with van der Waals surface area (Å²) >= 11 is 0. The molecule has 0 radical (unpaired) electrons. The van der Waals surface area contributed by atoms with E-state index in [0.717, 1.165) is 43.0 Å². The average molecular weight is 355 g/mol. The third-order valence-electron chi connectivity index (χ3n) is 4.44. The lowest BCUT2D eigenvalue weighted by atomic mass is 10.2. The number of fused-ring (bicyclic) bond motifs is 1. The summed E-state index contributed by atoms with van der Waals surface area (Å²) in [6.45, 7) is 6.70. The number of benzene rings is 1. The third kappa shape index (κ3) is 4.38. The van der Waals surface area contributed by atoms with Gasteiger partial charge in [-0.25, -0.2) is 4.79 Å². The SMILES string of the molecule is C=CCCOC(C)C(=O)Oc1cccc(-c2nnc3n2CCCCC3)c1. The van der Waals surface area contributed by atoms with Crippen molar-refractivity contribution in [2.24, 2.45) is 0 Å². The van der Waals surface area contributed by atoms with Crippen molar-refractivity contribution in [3.63, 3.8) is 0 Å². The lowest BCUT2D eigenvalue weighted by Gasteiger charge is -2.12. The first-order chi connectivity index (χ1) is 12.7. The number of carbonyl (C=O) groups is 1. The molecule has 6 heteroatoms. The van der Waals surface area contributed by atoms with Gasteiger partial charge in [-0.3, -0.25) is 0 Å². The second-order valence-corrected chi connectivity index (χ2v) is 6.44. The van der Waals surface area contributed by atoms with Gasteiger partial charge in [0, 0.05) is 18.5 Å². The highest BCUT2D eigenvalue weighted by atomic mass is 16.6. The number of aryl methyl sites for hydroxylation is 1. The van der Waals surface area contributed by atoms with Crippen molar-refractivity contribution in [1.82, 2.24) is 14.8 Å². The Kier molecular flexibility index (Phi) is 6.17. The number of esters is 1. The second kappa shape index (κ2) is 8.76. The molecule has 0 bridgehead atoms. The molecule has 1 unspecified atom stereocenters. The monoisotopic (exact) mass is 355 g/mol. The largest absolute Gasteiger partial charge is 0.425 e. The van der Waals surface area contributed by atoms with Crippen LogP contribution in [0.3, 0.4) is 0 Å². The van der Waals surface area contributed by atoms with Gasteiger partial charge in [0.1, 0.15) is 11.6 Å². The van der Waals surface area contributed by atoms with Gasteiger partial charge in [-0.1, -0.05) is 24.6 Å².